The summed E-state index contributed by atoms with van der Waals surface area (Å²) in [7, 11) is 0. The van der Waals surface area contributed by atoms with Gasteiger partial charge in [0.25, 0.3) is 0 Å². The molecule has 16 heavy (non-hydrogen) atoms. The van der Waals surface area contributed by atoms with Crippen LogP contribution in [0, 0.1) is 5.82 Å². The van der Waals surface area contributed by atoms with E-state index in [1.807, 2.05) is 0 Å². The van der Waals surface area contributed by atoms with Crippen LogP contribution in [-0.2, 0) is 4.79 Å². The molecule has 1 aliphatic heterocycles. The molecule has 3 N–H and O–H groups in total. The molecule has 0 unspecified atom stereocenters. The van der Waals surface area contributed by atoms with Gasteiger partial charge in [0.2, 0.25) is 5.91 Å². The van der Waals surface area contributed by atoms with E-state index in [0.29, 0.717) is 30.9 Å². The Balaban J connectivity index is 2.32. The third kappa shape index (κ3) is 1.86. The van der Waals surface area contributed by atoms with Crippen LogP contribution in [0.2, 0.25) is 0 Å². The van der Waals surface area contributed by atoms with Crippen LogP contribution in [0.3, 0.4) is 0 Å². The third-order valence-corrected chi connectivity index (χ3v) is 2.59. The van der Waals surface area contributed by atoms with E-state index in [2.05, 4.69) is 5.32 Å². The number of anilines is 2. The Morgan fingerprint density at radius 1 is 1.50 bits per heavy atom. The molecule has 4 nitrogen and oxygen atoms in total. The van der Waals surface area contributed by atoms with E-state index in [0.717, 1.165) is 0 Å². The van der Waals surface area contributed by atoms with Gasteiger partial charge in [-0.05, 0) is 25.1 Å². The Kier molecular flexibility index (Phi) is 3.05. The number of benzene rings is 1. The quantitative estimate of drug-likeness (QED) is 0.801. The fourth-order valence-corrected chi connectivity index (χ4v) is 1.80. The second-order valence-electron chi connectivity index (χ2n) is 3.68. The number of para-hydroxylation sites is 1. The summed E-state index contributed by atoms with van der Waals surface area (Å²) < 4.78 is 13.5. The Bertz CT molecular complexity index is 408. The first-order valence-corrected chi connectivity index (χ1v) is 5.27. The molecule has 2 rings (SSSR count). The van der Waals surface area contributed by atoms with E-state index in [1.165, 1.54) is 6.07 Å². The third-order valence-electron chi connectivity index (χ3n) is 2.59. The number of halogens is 1. The average Bonchev–Trinajstić information content (AvgIpc) is 2.28. The van der Waals surface area contributed by atoms with Gasteiger partial charge in [-0.15, -0.1) is 0 Å². The monoisotopic (exact) mass is 223 g/mol. The van der Waals surface area contributed by atoms with Crippen molar-refractivity contribution >= 4 is 17.3 Å². The lowest BCUT2D eigenvalue weighted by molar-refractivity contribution is -0.117. The van der Waals surface area contributed by atoms with Crippen LogP contribution in [0.5, 0.6) is 0 Å². The minimum Gasteiger partial charge on any atom is -0.372 e. The molecule has 0 bridgehead atoms. The predicted molar refractivity (Wildman–Crippen MR) is 60.9 cm³/mol. The molecule has 1 aromatic rings. The van der Waals surface area contributed by atoms with Crippen LogP contribution in [0.15, 0.2) is 18.2 Å². The summed E-state index contributed by atoms with van der Waals surface area (Å²) in [6.45, 7) is 1.19. The lowest BCUT2D eigenvalue weighted by atomic mass is 10.1. The van der Waals surface area contributed by atoms with E-state index >= 15 is 0 Å². The summed E-state index contributed by atoms with van der Waals surface area (Å²) in [6.07, 6.45) is 0.710. The number of nitrogens with one attached hydrogen (secondary N) is 1. The zero-order valence-electron chi connectivity index (χ0n) is 8.87. The van der Waals surface area contributed by atoms with Crippen LogP contribution in [0.1, 0.15) is 6.42 Å². The Hall–Kier alpha value is -1.62. The molecule has 1 amide bonds. The summed E-state index contributed by atoms with van der Waals surface area (Å²) in [4.78, 5) is 13.3. The van der Waals surface area contributed by atoms with Gasteiger partial charge in [-0.2, -0.15) is 0 Å². The van der Waals surface area contributed by atoms with E-state index in [-0.39, 0.29) is 18.3 Å². The van der Waals surface area contributed by atoms with Crippen LogP contribution < -0.4 is 16.0 Å². The van der Waals surface area contributed by atoms with Crippen molar-refractivity contribution in [2.24, 2.45) is 5.73 Å². The van der Waals surface area contributed by atoms with Crippen molar-refractivity contribution < 1.29 is 9.18 Å². The van der Waals surface area contributed by atoms with Gasteiger partial charge in [-0.1, -0.05) is 6.07 Å². The van der Waals surface area contributed by atoms with Gasteiger partial charge in [-0.3, -0.25) is 4.79 Å². The maximum atomic E-state index is 13.5. The first kappa shape index (κ1) is 10.9. The number of nitrogens with two attached hydrogens (primary N) is 1. The lowest BCUT2D eigenvalue weighted by Crippen LogP contribution is -2.41. The molecule has 0 aliphatic carbocycles. The van der Waals surface area contributed by atoms with Crippen molar-refractivity contribution in [3.05, 3.63) is 24.0 Å². The molecule has 0 spiro atoms. The van der Waals surface area contributed by atoms with Gasteiger partial charge in [0.05, 0.1) is 17.9 Å². The van der Waals surface area contributed by atoms with Gasteiger partial charge in [0.15, 0.2) is 0 Å². The molecule has 1 heterocycles. The van der Waals surface area contributed by atoms with Gasteiger partial charge < -0.3 is 16.0 Å². The molecule has 0 fully saturated rings. The average molecular weight is 223 g/mol. The number of rotatable bonds is 3. The van der Waals surface area contributed by atoms with Crippen molar-refractivity contribution in [3.63, 3.8) is 0 Å². The summed E-state index contributed by atoms with van der Waals surface area (Å²) in [6, 6.07) is 4.71. The van der Waals surface area contributed by atoms with Crippen LogP contribution in [0.25, 0.3) is 0 Å². The Morgan fingerprint density at radius 2 is 2.31 bits per heavy atom. The van der Waals surface area contributed by atoms with Gasteiger partial charge in [-0.25, -0.2) is 4.39 Å². The van der Waals surface area contributed by atoms with Crippen molar-refractivity contribution in [3.8, 4) is 0 Å². The largest absolute Gasteiger partial charge is 0.372 e. The van der Waals surface area contributed by atoms with E-state index in [9.17, 15) is 9.18 Å². The van der Waals surface area contributed by atoms with Crippen molar-refractivity contribution in [1.82, 2.24) is 0 Å². The van der Waals surface area contributed by atoms with E-state index in [4.69, 9.17) is 5.73 Å². The molecular weight excluding hydrogens is 209 g/mol. The van der Waals surface area contributed by atoms with Gasteiger partial charge in [0.1, 0.15) is 5.82 Å². The van der Waals surface area contributed by atoms with Gasteiger partial charge >= 0.3 is 0 Å². The Labute approximate surface area is 93.2 Å². The number of fused-ring (bicyclic) bond motifs is 1. The zero-order valence-corrected chi connectivity index (χ0v) is 8.87. The molecule has 86 valence electrons. The molecular formula is C11H14FN3O. The number of nitrogens with zero attached hydrogens (tertiary/aromatic N) is 1. The molecule has 0 saturated heterocycles. The normalized spacial score (nSPS) is 14.6. The van der Waals surface area contributed by atoms with Crippen molar-refractivity contribution in [2.75, 3.05) is 29.9 Å². The second-order valence-corrected chi connectivity index (χ2v) is 3.68. The SMILES string of the molecule is NCCCN1C(=O)CNc2c(F)cccc21. The standard InChI is InChI=1S/C11H14FN3O/c12-8-3-1-4-9-11(8)14-7-10(16)15(9)6-2-5-13/h1,3-4,14H,2,5-7,13H2. The minimum absolute atomic E-state index is 0.0495. The molecule has 0 aromatic heterocycles. The maximum Gasteiger partial charge on any atom is 0.246 e. The summed E-state index contributed by atoms with van der Waals surface area (Å²) >= 11 is 0. The fraction of sp³-hybridized carbons (Fsp3) is 0.364. The first-order valence-electron chi connectivity index (χ1n) is 5.27. The van der Waals surface area contributed by atoms with Crippen LogP contribution >= 0.6 is 0 Å². The summed E-state index contributed by atoms with van der Waals surface area (Å²) in [5.74, 6) is -0.380. The molecule has 0 saturated carbocycles. The minimum atomic E-state index is -0.331. The highest BCUT2D eigenvalue weighted by molar-refractivity contribution is 6.02. The van der Waals surface area contributed by atoms with Crippen molar-refractivity contribution in [1.29, 1.82) is 0 Å². The predicted octanol–water partition coefficient (Wildman–Crippen LogP) is 0.933. The number of hydrogen-bond donors (Lipinski definition) is 2. The Morgan fingerprint density at radius 3 is 3.06 bits per heavy atom. The lowest BCUT2D eigenvalue weighted by Gasteiger charge is -2.30. The van der Waals surface area contributed by atoms with E-state index < -0.39 is 0 Å². The maximum absolute atomic E-state index is 13.5. The highest BCUT2D eigenvalue weighted by Gasteiger charge is 2.24. The number of carbonyl (C=O) groups is 1. The fourth-order valence-electron chi connectivity index (χ4n) is 1.80. The molecule has 1 aromatic carbocycles. The molecule has 0 atom stereocenters. The summed E-state index contributed by atoms with van der Waals surface area (Å²) in [5, 5.41) is 2.79. The van der Waals surface area contributed by atoms with Crippen molar-refractivity contribution in [2.45, 2.75) is 6.42 Å². The highest BCUT2D eigenvalue weighted by Crippen LogP contribution is 2.31. The number of carbonyl (C=O) groups excluding carboxylic acids is 1. The zero-order chi connectivity index (χ0) is 11.5. The summed E-state index contributed by atoms with van der Waals surface area (Å²) in [5.41, 5.74) is 6.42. The molecule has 1 aliphatic rings. The molecule has 5 heteroatoms. The smallest absolute Gasteiger partial charge is 0.246 e. The van der Waals surface area contributed by atoms with Crippen LogP contribution in [-0.4, -0.2) is 25.5 Å². The number of hydrogen-bond acceptors (Lipinski definition) is 3. The topological polar surface area (TPSA) is 58.4 Å². The molecule has 0 radical (unpaired) electrons. The second kappa shape index (κ2) is 4.49. The first-order chi connectivity index (χ1) is 7.74. The number of amides is 1. The van der Waals surface area contributed by atoms with Gasteiger partial charge in [0, 0.05) is 6.54 Å². The van der Waals surface area contributed by atoms with Crippen LogP contribution in [0.4, 0.5) is 15.8 Å². The van der Waals surface area contributed by atoms with E-state index in [1.54, 1.807) is 17.0 Å². The highest BCUT2D eigenvalue weighted by atomic mass is 19.1.